The zero-order valence-corrected chi connectivity index (χ0v) is 10.6. The molecule has 1 aliphatic rings. The minimum absolute atomic E-state index is 0.305. The third-order valence-corrected chi connectivity index (χ3v) is 3.46. The topological polar surface area (TPSA) is 92.4 Å². The number of carbonyl (C=O) groups excluding carboxylic acids is 1. The zero-order valence-electron chi connectivity index (χ0n) is 10.6. The highest BCUT2D eigenvalue weighted by atomic mass is 16.5. The summed E-state index contributed by atoms with van der Waals surface area (Å²) in [5.41, 5.74) is 0.303. The molecule has 0 saturated heterocycles. The Hall–Kier alpha value is -1.85. The molecule has 1 aliphatic carbocycles. The van der Waals surface area contributed by atoms with Gasteiger partial charge in [0.25, 0.3) is 0 Å². The van der Waals surface area contributed by atoms with E-state index in [0.717, 1.165) is 5.56 Å². The van der Waals surface area contributed by atoms with Crippen molar-refractivity contribution < 1.29 is 19.2 Å². The van der Waals surface area contributed by atoms with Gasteiger partial charge in [-0.2, -0.15) is 0 Å². The van der Waals surface area contributed by atoms with Gasteiger partial charge in [-0.05, 0) is 33.6 Å². The van der Waals surface area contributed by atoms with Gasteiger partial charge in [0, 0.05) is 5.56 Å². The summed E-state index contributed by atoms with van der Waals surface area (Å²) >= 11 is 0. The van der Waals surface area contributed by atoms with Gasteiger partial charge in [0.1, 0.15) is 11.2 Å². The predicted molar refractivity (Wildman–Crippen MR) is 61.8 cm³/mol. The van der Waals surface area contributed by atoms with Crippen molar-refractivity contribution in [3.8, 4) is 0 Å². The summed E-state index contributed by atoms with van der Waals surface area (Å²) in [5.74, 6) is -0.839. The molecule has 0 bridgehead atoms. The van der Waals surface area contributed by atoms with Gasteiger partial charge in [-0.1, -0.05) is 5.16 Å². The van der Waals surface area contributed by atoms with E-state index in [-0.39, 0.29) is 6.04 Å². The number of rotatable bonds is 4. The van der Waals surface area contributed by atoms with Crippen molar-refractivity contribution in [2.45, 2.75) is 39.7 Å². The summed E-state index contributed by atoms with van der Waals surface area (Å²) in [6.07, 6.45) is 0.810. The lowest BCUT2D eigenvalue weighted by Crippen LogP contribution is -2.38. The fourth-order valence-corrected chi connectivity index (χ4v) is 2.18. The maximum absolute atomic E-state index is 12.0. The summed E-state index contributed by atoms with van der Waals surface area (Å²) in [5, 5.41) is 15.6. The van der Waals surface area contributed by atoms with Crippen LogP contribution in [0.4, 0.5) is 0 Å². The third kappa shape index (κ3) is 1.87. The molecule has 98 valence electrons. The molecule has 2 N–H and O–H groups in total. The van der Waals surface area contributed by atoms with Gasteiger partial charge in [0.05, 0.1) is 11.7 Å². The Balaban J connectivity index is 2.11. The number of amides is 1. The number of aryl methyl sites for hydroxylation is 2. The summed E-state index contributed by atoms with van der Waals surface area (Å²) in [7, 11) is 0. The van der Waals surface area contributed by atoms with E-state index < -0.39 is 17.3 Å². The number of carboxylic acids is 1. The van der Waals surface area contributed by atoms with Gasteiger partial charge in [0.2, 0.25) is 5.91 Å². The Bertz CT molecular complexity index is 483. The molecule has 1 amide bonds. The van der Waals surface area contributed by atoms with Crippen LogP contribution < -0.4 is 5.32 Å². The van der Waals surface area contributed by atoms with E-state index in [1.165, 1.54) is 0 Å². The van der Waals surface area contributed by atoms with E-state index in [9.17, 15) is 9.59 Å². The quantitative estimate of drug-likeness (QED) is 0.789. The van der Waals surface area contributed by atoms with Crippen LogP contribution in [0, 0.1) is 19.3 Å². The van der Waals surface area contributed by atoms with Crippen molar-refractivity contribution in [3.05, 3.63) is 17.0 Å². The number of hydrogen-bond donors (Lipinski definition) is 2. The zero-order chi connectivity index (χ0) is 13.5. The van der Waals surface area contributed by atoms with Crippen molar-refractivity contribution >= 4 is 11.9 Å². The minimum Gasteiger partial charge on any atom is -0.480 e. The molecule has 18 heavy (non-hydrogen) atoms. The van der Waals surface area contributed by atoms with Crippen LogP contribution in [0.5, 0.6) is 0 Å². The number of hydrogen-bond acceptors (Lipinski definition) is 4. The molecule has 0 aliphatic heterocycles. The highest BCUT2D eigenvalue weighted by molar-refractivity contribution is 6.04. The molecule has 0 unspecified atom stereocenters. The number of aliphatic carboxylic acids is 1. The smallest absolute Gasteiger partial charge is 0.319 e. The van der Waals surface area contributed by atoms with Gasteiger partial charge in [0.15, 0.2) is 0 Å². The third-order valence-electron chi connectivity index (χ3n) is 3.46. The van der Waals surface area contributed by atoms with E-state index >= 15 is 0 Å². The van der Waals surface area contributed by atoms with Crippen LogP contribution in [-0.2, 0) is 9.59 Å². The average molecular weight is 252 g/mol. The molecular weight excluding hydrogens is 236 g/mol. The molecule has 2 rings (SSSR count). The first-order chi connectivity index (χ1) is 8.38. The number of nitrogens with zero attached hydrogens (tertiary/aromatic N) is 1. The summed E-state index contributed by atoms with van der Waals surface area (Å²) in [4.78, 5) is 23.0. The maximum atomic E-state index is 12.0. The maximum Gasteiger partial charge on any atom is 0.319 e. The Morgan fingerprint density at radius 2 is 2.06 bits per heavy atom. The molecule has 1 aromatic heterocycles. The Kier molecular flexibility index (Phi) is 2.88. The normalized spacial score (nSPS) is 18.2. The van der Waals surface area contributed by atoms with Gasteiger partial charge in [-0.15, -0.1) is 0 Å². The van der Waals surface area contributed by atoms with E-state index in [1.807, 2.05) is 0 Å². The van der Waals surface area contributed by atoms with Crippen LogP contribution in [0.25, 0.3) is 0 Å². The first-order valence-electron chi connectivity index (χ1n) is 5.85. The fraction of sp³-hybridized carbons (Fsp3) is 0.583. The lowest BCUT2D eigenvalue weighted by molar-refractivity contribution is -0.149. The lowest BCUT2D eigenvalue weighted by atomic mass is 10.0. The predicted octanol–water partition coefficient (Wildman–Crippen LogP) is 1.33. The van der Waals surface area contributed by atoms with Crippen molar-refractivity contribution in [1.29, 1.82) is 0 Å². The van der Waals surface area contributed by atoms with Gasteiger partial charge in [-0.25, -0.2) is 0 Å². The van der Waals surface area contributed by atoms with Gasteiger partial charge in [-0.3, -0.25) is 9.59 Å². The molecule has 6 nitrogen and oxygen atoms in total. The Morgan fingerprint density at radius 3 is 2.44 bits per heavy atom. The fourth-order valence-electron chi connectivity index (χ4n) is 2.18. The van der Waals surface area contributed by atoms with Crippen molar-refractivity contribution in [1.82, 2.24) is 10.5 Å². The first kappa shape index (κ1) is 12.6. The first-order valence-corrected chi connectivity index (χ1v) is 5.85. The second-order valence-corrected chi connectivity index (χ2v) is 4.82. The van der Waals surface area contributed by atoms with Crippen LogP contribution in [0.15, 0.2) is 4.52 Å². The highest BCUT2D eigenvalue weighted by Crippen LogP contribution is 2.46. The molecule has 0 spiro atoms. The molecule has 0 aromatic carbocycles. The molecular formula is C12H16N2O4. The largest absolute Gasteiger partial charge is 0.480 e. The van der Waals surface area contributed by atoms with Crippen molar-refractivity contribution in [2.75, 3.05) is 0 Å². The summed E-state index contributed by atoms with van der Waals surface area (Å²) < 4.78 is 5.03. The monoisotopic (exact) mass is 252 g/mol. The number of carbonyl (C=O) groups is 2. The second-order valence-electron chi connectivity index (χ2n) is 4.82. The van der Waals surface area contributed by atoms with Crippen molar-refractivity contribution in [3.63, 3.8) is 0 Å². The molecule has 6 heteroatoms. The summed E-state index contributed by atoms with van der Waals surface area (Å²) in [6, 6.07) is -0.305. The van der Waals surface area contributed by atoms with Crippen molar-refractivity contribution in [2.24, 2.45) is 5.41 Å². The highest BCUT2D eigenvalue weighted by Gasteiger charge is 2.57. The molecule has 0 radical (unpaired) electrons. The van der Waals surface area contributed by atoms with Crippen LogP contribution in [-0.4, -0.2) is 22.1 Å². The van der Waals surface area contributed by atoms with E-state index in [4.69, 9.17) is 9.63 Å². The summed E-state index contributed by atoms with van der Waals surface area (Å²) in [6.45, 7) is 5.35. The SMILES string of the molecule is Cc1noc(C)c1[C@H](C)NC(=O)C1(C(=O)O)CC1. The lowest BCUT2D eigenvalue weighted by Gasteiger charge is -2.17. The molecule has 1 aromatic rings. The van der Waals surface area contributed by atoms with Crippen LogP contribution in [0.2, 0.25) is 0 Å². The Morgan fingerprint density at radius 1 is 1.44 bits per heavy atom. The van der Waals surface area contributed by atoms with E-state index in [2.05, 4.69) is 10.5 Å². The second kappa shape index (κ2) is 4.12. The number of nitrogens with one attached hydrogen (secondary N) is 1. The number of aromatic nitrogens is 1. The van der Waals surface area contributed by atoms with Gasteiger partial charge >= 0.3 is 5.97 Å². The molecule has 1 atom stereocenters. The Labute approximate surface area is 104 Å². The molecule has 1 saturated carbocycles. The minimum atomic E-state index is -1.22. The van der Waals surface area contributed by atoms with Crippen LogP contribution in [0.3, 0.4) is 0 Å². The average Bonchev–Trinajstić information content (AvgIpc) is 3.02. The standard InChI is InChI=1S/C12H16N2O4/c1-6(9-7(2)14-18-8(9)3)13-10(15)12(4-5-12)11(16)17/h6H,4-5H2,1-3H3,(H,13,15)(H,16,17)/t6-/m0/s1. The molecule has 1 fully saturated rings. The van der Waals surface area contributed by atoms with Gasteiger partial charge < -0.3 is 14.9 Å². The van der Waals surface area contributed by atoms with E-state index in [0.29, 0.717) is 24.3 Å². The van der Waals surface area contributed by atoms with Crippen LogP contribution >= 0.6 is 0 Å². The number of carboxylic acid groups (broad SMARTS) is 1. The van der Waals surface area contributed by atoms with E-state index in [1.54, 1.807) is 20.8 Å². The van der Waals surface area contributed by atoms with Crippen LogP contribution in [0.1, 0.15) is 42.8 Å². The molecule has 1 heterocycles.